The van der Waals surface area contributed by atoms with Crippen LogP contribution in [0.15, 0.2) is 42.5 Å². The smallest absolute Gasteiger partial charge is 0.228 e. The van der Waals surface area contributed by atoms with Gasteiger partial charge < -0.3 is 24.2 Å². The molecule has 3 aliphatic rings. The Morgan fingerprint density at radius 1 is 1.06 bits per heavy atom. The van der Waals surface area contributed by atoms with Gasteiger partial charge in [-0.2, -0.15) is 0 Å². The first-order valence-corrected chi connectivity index (χ1v) is 11.3. The number of benzene rings is 2. The number of fused-ring (bicyclic) bond motifs is 3. The van der Waals surface area contributed by atoms with Crippen LogP contribution >= 0.6 is 11.6 Å². The Morgan fingerprint density at radius 3 is 2.65 bits per heavy atom. The molecule has 2 fully saturated rings. The molecule has 2 aromatic carbocycles. The second-order valence-electron chi connectivity index (χ2n) is 8.40. The van der Waals surface area contributed by atoms with Gasteiger partial charge in [-0.3, -0.25) is 4.79 Å². The van der Waals surface area contributed by atoms with Gasteiger partial charge in [0.15, 0.2) is 0 Å². The van der Waals surface area contributed by atoms with Gasteiger partial charge in [0.25, 0.3) is 0 Å². The fourth-order valence-electron chi connectivity index (χ4n) is 5.13. The maximum absolute atomic E-state index is 13.6. The van der Waals surface area contributed by atoms with E-state index >= 15 is 0 Å². The number of rotatable bonds is 3. The molecule has 2 aromatic rings. The Hall–Kier alpha value is -2.44. The van der Waals surface area contributed by atoms with Crippen molar-refractivity contribution in [2.45, 2.75) is 12.5 Å². The van der Waals surface area contributed by atoms with Gasteiger partial charge in [0.1, 0.15) is 5.75 Å². The number of morpholine rings is 1. The van der Waals surface area contributed by atoms with E-state index in [0.29, 0.717) is 26.3 Å². The number of piperazine rings is 1. The summed E-state index contributed by atoms with van der Waals surface area (Å²) in [6.07, 6.45) is 0.743. The average Bonchev–Trinajstić information content (AvgIpc) is 2.83. The average molecular weight is 442 g/mol. The molecule has 0 saturated carbocycles. The van der Waals surface area contributed by atoms with Crippen LogP contribution in [0.1, 0.15) is 5.56 Å². The van der Waals surface area contributed by atoms with Crippen molar-refractivity contribution in [1.29, 1.82) is 0 Å². The maximum atomic E-state index is 13.6. The normalized spacial score (nSPS) is 23.2. The minimum absolute atomic E-state index is 0.0833. The van der Waals surface area contributed by atoms with Gasteiger partial charge in [0.2, 0.25) is 5.91 Å². The number of ether oxygens (including phenoxy) is 2. The fourth-order valence-corrected chi connectivity index (χ4v) is 5.39. The predicted octanol–water partition coefficient (Wildman–Crippen LogP) is 3.07. The predicted molar refractivity (Wildman–Crippen MR) is 122 cm³/mol. The van der Waals surface area contributed by atoms with E-state index in [2.05, 4.69) is 28.0 Å². The summed E-state index contributed by atoms with van der Waals surface area (Å²) in [6.45, 7) is 5.04. The number of para-hydroxylation sites is 1. The number of anilines is 2. The minimum Gasteiger partial charge on any atom is -0.497 e. The standard InChI is InChI=1S/C24H28ClN3O3/c1-30-18-7-6-17-14-19(24(29)26-10-12-31-13-11-26)23-16-27(8-9-28(23)22(17)15-18)21-5-3-2-4-20(21)25/h2-7,15,19,23H,8-14,16H2,1H3/t19-,23+/m0/s1. The Morgan fingerprint density at radius 2 is 1.87 bits per heavy atom. The van der Waals surface area contributed by atoms with Gasteiger partial charge in [-0.25, -0.2) is 0 Å². The lowest BCUT2D eigenvalue weighted by molar-refractivity contribution is -0.140. The van der Waals surface area contributed by atoms with Crippen LogP contribution in [0.5, 0.6) is 5.75 Å². The number of nitrogens with zero attached hydrogens (tertiary/aromatic N) is 3. The van der Waals surface area contributed by atoms with E-state index in [1.165, 1.54) is 11.3 Å². The second kappa shape index (κ2) is 8.60. The van der Waals surface area contributed by atoms with Crippen LogP contribution in [0.2, 0.25) is 5.02 Å². The molecular weight excluding hydrogens is 414 g/mol. The molecule has 164 valence electrons. The van der Waals surface area contributed by atoms with Gasteiger partial charge in [0.05, 0.1) is 43.0 Å². The monoisotopic (exact) mass is 441 g/mol. The van der Waals surface area contributed by atoms with Crippen LogP contribution in [0.4, 0.5) is 11.4 Å². The molecule has 7 heteroatoms. The molecule has 1 amide bonds. The first kappa shape index (κ1) is 20.5. The summed E-state index contributed by atoms with van der Waals surface area (Å²) in [4.78, 5) is 20.3. The zero-order chi connectivity index (χ0) is 21.4. The molecule has 2 atom stereocenters. The first-order chi connectivity index (χ1) is 15.2. The third kappa shape index (κ3) is 3.83. The van der Waals surface area contributed by atoms with E-state index in [0.717, 1.165) is 42.5 Å². The highest BCUT2D eigenvalue weighted by atomic mass is 35.5. The summed E-state index contributed by atoms with van der Waals surface area (Å²) in [7, 11) is 1.70. The molecule has 0 spiro atoms. The van der Waals surface area contributed by atoms with Crippen LogP contribution in [0.25, 0.3) is 0 Å². The summed E-state index contributed by atoms with van der Waals surface area (Å²) in [5, 5.41) is 0.755. The number of hydrogen-bond donors (Lipinski definition) is 0. The van der Waals surface area contributed by atoms with Crippen LogP contribution < -0.4 is 14.5 Å². The van der Waals surface area contributed by atoms with E-state index in [1.54, 1.807) is 7.11 Å². The van der Waals surface area contributed by atoms with Crippen LogP contribution in [0.3, 0.4) is 0 Å². The summed E-state index contributed by atoms with van der Waals surface area (Å²) in [5.74, 6) is 0.994. The summed E-state index contributed by atoms with van der Waals surface area (Å²) >= 11 is 6.51. The number of carbonyl (C=O) groups is 1. The highest BCUT2D eigenvalue weighted by Crippen LogP contribution is 2.40. The number of halogens is 1. The summed E-state index contributed by atoms with van der Waals surface area (Å²) in [5.41, 5.74) is 3.45. The van der Waals surface area contributed by atoms with Gasteiger partial charge >= 0.3 is 0 Å². The van der Waals surface area contributed by atoms with E-state index in [4.69, 9.17) is 21.1 Å². The van der Waals surface area contributed by atoms with Crippen molar-refractivity contribution in [3.05, 3.63) is 53.1 Å². The quantitative estimate of drug-likeness (QED) is 0.732. The molecule has 3 heterocycles. The number of amides is 1. The molecule has 3 aliphatic heterocycles. The third-order valence-corrected chi connectivity index (χ3v) is 7.08. The Balaban J connectivity index is 1.49. The first-order valence-electron chi connectivity index (χ1n) is 11.0. The molecule has 0 N–H and O–H groups in total. The van der Waals surface area contributed by atoms with Gasteiger partial charge in [-0.15, -0.1) is 0 Å². The van der Waals surface area contributed by atoms with Crippen molar-refractivity contribution in [2.75, 3.05) is 62.8 Å². The molecular formula is C24H28ClN3O3. The number of carbonyl (C=O) groups excluding carboxylic acids is 1. The van der Waals surface area contributed by atoms with Crippen LogP contribution in [-0.4, -0.2) is 69.9 Å². The summed E-state index contributed by atoms with van der Waals surface area (Å²) < 4.78 is 11.0. The van der Waals surface area contributed by atoms with Crippen molar-refractivity contribution < 1.29 is 14.3 Å². The van der Waals surface area contributed by atoms with Crippen molar-refractivity contribution in [3.63, 3.8) is 0 Å². The van der Waals surface area contributed by atoms with Crippen LogP contribution in [0, 0.1) is 5.92 Å². The second-order valence-corrected chi connectivity index (χ2v) is 8.81. The SMILES string of the molecule is COc1ccc2c(c1)N1CCN(c3ccccc3Cl)C[C@@H]1[C@@H](C(=O)N1CCOCC1)C2. The largest absolute Gasteiger partial charge is 0.497 e. The summed E-state index contributed by atoms with van der Waals surface area (Å²) in [6, 6.07) is 14.3. The van der Waals surface area contributed by atoms with E-state index in [9.17, 15) is 4.79 Å². The van der Waals surface area contributed by atoms with Gasteiger partial charge in [0, 0.05) is 44.5 Å². The molecule has 0 aromatic heterocycles. The zero-order valence-electron chi connectivity index (χ0n) is 17.8. The topological polar surface area (TPSA) is 45.2 Å². The van der Waals surface area contributed by atoms with Gasteiger partial charge in [-0.05, 0) is 30.2 Å². The van der Waals surface area contributed by atoms with E-state index in [1.807, 2.05) is 29.2 Å². The Kier molecular flexibility index (Phi) is 5.67. The molecule has 2 saturated heterocycles. The lowest BCUT2D eigenvalue weighted by Crippen LogP contribution is -2.62. The molecule has 0 bridgehead atoms. The fraction of sp³-hybridized carbons (Fsp3) is 0.458. The molecule has 0 unspecified atom stereocenters. The lowest BCUT2D eigenvalue weighted by Gasteiger charge is -2.50. The van der Waals surface area contributed by atoms with Gasteiger partial charge in [-0.1, -0.05) is 29.8 Å². The number of methoxy groups -OCH3 is 1. The van der Waals surface area contributed by atoms with Crippen LogP contribution in [-0.2, 0) is 16.0 Å². The molecule has 6 nitrogen and oxygen atoms in total. The Labute approximate surface area is 188 Å². The maximum Gasteiger partial charge on any atom is 0.228 e. The lowest BCUT2D eigenvalue weighted by atomic mass is 9.82. The minimum atomic E-state index is -0.0933. The van der Waals surface area contributed by atoms with Crippen molar-refractivity contribution in [3.8, 4) is 5.75 Å². The van der Waals surface area contributed by atoms with Crippen molar-refractivity contribution in [2.24, 2.45) is 5.92 Å². The highest BCUT2D eigenvalue weighted by Gasteiger charge is 2.43. The van der Waals surface area contributed by atoms with E-state index in [-0.39, 0.29) is 17.9 Å². The molecule has 0 radical (unpaired) electrons. The highest BCUT2D eigenvalue weighted by molar-refractivity contribution is 6.33. The van der Waals surface area contributed by atoms with Crippen molar-refractivity contribution >= 4 is 28.9 Å². The Bertz CT molecular complexity index is 963. The third-order valence-electron chi connectivity index (χ3n) is 6.76. The molecule has 5 rings (SSSR count). The zero-order valence-corrected chi connectivity index (χ0v) is 18.6. The number of hydrogen-bond acceptors (Lipinski definition) is 5. The molecule has 0 aliphatic carbocycles. The van der Waals surface area contributed by atoms with Crippen molar-refractivity contribution in [1.82, 2.24) is 4.90 Å². The molecule has 31 heavy (non-hydrogen) atoms. The van der Waals surface area contributed by atoms with E-state index < -0.39 is 0 Å².